The van der Waals surface area contributed by atoms with Gasteiger partial charge in [0.1, 0.15) is 0 Å². The van der Waals surface area contributed by atoms with Gasteiger partial charge in [0.25, 0.3) is 17.4 Å². The molecule has 0 aliphatic heterocycles. The molecule has 0 spiro atoms. The van der Waals surface area contributed by atoms with Crippen LogP contribution in [0, 0.1) is 13.8 Å². The summed E-state index contributed by atoms with van der Waals surface area (Å²) in [5, 5.41) is 15.3. The average molecular weight is 582 g/mol. The lowest BCUT2D eigenvalue weighted by Crippen LogP contribution is -2.29. The summed E-state index contributed by atoms with van der Waals surface area (Å²) in [6.07, 6.45) is 0. The number of likely N-dealkylation sites (N-methyl/N-ethyl adjacent to an activating group) is 1. The summed E-state index contributed by atoms with van der Waals surface area (Å²) < 4.78 is 1.54. The predicted molar refractivity (Wildman–Crippen MR) is 171 cm³/mol. The summed E-state index contributed by atoms with van der Waals surface area (Å²) in [4.78, 5) is 45.3. The second-order valence-corrected chi connectivity index (χ2v) is 11.6. The molecule has 0 aliphatic carbocycles. The predicted octanol–water partition coefficient (Wildman–Crippen LogP) is 5.42. The minimum absolute atomic E-state index is 0.119. The van der Waals surface area contributed by atoms with Crippen LogP contribution in [0.4, 0.5) is 17.2 Å². The fourth-order valence-electron chi connectivity index (χ4n) is 4.90. The third kappa shape index (κ3) is 6.67. The first kappa shape index (κ1) is 31.2. The van der Waals surface area contributed by atoms with Crippen molar-refractivity contribution >= 4 is 29.0 Å². The lowest BCUT2D eigenvalue weighted by Gasteiger charge is -2.23. The lowest BCUT2D eigenvalue weighted by atomic mass is 9.83. The Balaban J connectivity index is 1.66. The lowest BCUT2D eigenvalue weighted by molar-refractivity contribution is 0.0767. The molecule has 1 heterocycles. The van der Waals surface area contributed by atoms with Crippen molar-refractivity contribution in [3.63, 3.8) is 0 Å². The number of nitrogens with one attached hydrogen (secondary N) is 2. The van der Waals surface area contributed by atoms with E-state index in [2.05, 4.69) is 31.4 Å². The van der Waals surface area contributed by atoms with Crippen molar-refractivity contribution in [3.05, 3.63) is 105 Å². The molecule has 0 unspecified atom stereocenters. The third-order valence-corrected chi connectivity index (χ3v) is 7.57. The molecule has 0 fully saturated rings. The first-order valence-electron chi connectivity index (χ1n) is 14.2. The summed E-state index contributed by atoms with van der Waals surface area (Å²) in [6, 6.07) is 20.0. The van der Waals surface area contributed by atoms with Gasteiger partial charge in [-0.2, -0.15) is 0 Å². The fraction of sp³-hybridized carbons (Fsp3) is 0.294. The average Bonchev–Trinajstić information content (AvgIpc) is 2.98. The molecule has 43 heavy (non-hydrogen) atoms. The number of carbonyl (C=O) groups excluding carboxylic acids is 2. The molecule has 4 aromatic rings. The van der Waals surface area contributed by atoms with Gasteiger partial charge < -0.3 is 25.2 Å². The zero-order chi connectivity index (χ0) is 31.5. The zero-order valence-electron chi connectivity index (χ0n) is 25.8. The second-order valence-electron chi connectivity index (χ2n) is 11.6. The van der Waals surface area contributed by atoms with Crippen LogP contribution in [0.25, 0.3) is 11.3 Å². The van der Waals surface area contributed by atoms with Crippen LogP contribution in [-0.2, 0) is 12.5 Å². The molecule has 4 rings (SSSR count). The van der Waals surface area contributed by atoms with E-state index in [1.165, 1.54) is 9.47 Å². The molecule has 224 valence electrons. The van der Waals surface area contributed by atoms with Crippen LogP contribution in [0.1, 0.15) is 58.3 Å². The van der Waals surface area contributed by atoms with E-state index < -0.39 is 0 Å². The number of amides is 2. The van der Waals surface area contributed by atoms with Crippen molar-refractivity contribution in [3.8, 4) is 11.3 Å². The molecule has 2 amide bonds. The molecular weight excluding hydrogens is 542 g/mol. The standard InChI is InChI=1S/C34H39N5O4/c1-21-25(12-10-14-28(21)36-31(41)26-11-8-9-13-27(26)34(3,4)5)29-22(2)39(7)33(43)30(37-29)35-24-17-15-23(16-18-24)32(42)38(6)19-20-40/h8-18,40H,19-20H2,1-7H3,(H,35,37)(H,36,41). The number of aliphatic hydroxyl groups is 1. The molecule has 1 aromatic heterocycles. The minimum atomic E-state index is -0.301. The highest BCUT2D eigenvalue weighted by Gasteiger charge is 2.22. The largest absolute Gasteiger partial charge is 0.395 e. The summed E-state index contributed by atoms with van der Waals surface area (Å²) in [6.45, 7) is 10.1. The molecule has 0 bridgehead atoms. The van der Waals surface area contributed by atoms with E-state index in [1.54, 1.807) is 38.4 Å². The van der Waals surface area contributed by atoms with Gasteiger partial charge in [-0.25, -0.2) is 4.98 Å². The number of hydrogen-bond acceptors (Lipinski definition) is 6. The van der Waals surface area contributed by atoms with Gasteiger partial charge in [0.2, 0.25) is 0 Å². The Kier molecular flexibility index (Phi) is 9.16. The van der Waals surface area contributed by atoms with Gasteiger partial charge >= 0.3 is 0 Å². The molecular formula is C34H39N5O4. The molecule has 9 nitrogen and oxygen atoms in total. The van der Waals surface area contributed by atoms with Crippen LogP contribution in [0.2, 0.25) is 0 Å². The Morgan fingerprint density at radius 2 is 1.65 bits per heavy atom. The highest BCUT2D eigenvalue weighted by atomic mass is 16.3. The van der Waals surface area contributed by atoms with Gasteiger partial charge in [0.05, 0.1) is 12.3 Å². The van der Waals surface area contributed by atoms with Crippen molar-refractivity contribution in [1.82, 2.24) is 14.5 Å². The molecule has 0 atom stereocenters. The first-order chi connectivity index (χ1) is 20.3. The van der Waals surface area contributed by atoms with E-state index in [4.69, 9.17) is 10.1 Å². The van der Waals surface area contributed by atoms with Crippen molar-refractivity contribution < 1.29 is 14.7 Å². The van der Waals surface area contributed by atoms with Crippen LogP contribution in [-0.4, -0.2) is 51.6 Å². The number of rotatable bonds is 8. The Morgan fingerprint density at radius 3 is 2.30 bits per heavy atom. The van der Waals surface area contributed by atoms with E-state index in [9.17, 15) is 14.4 Å². The number of anilines is 3. The third-order valence-electron chi connectivity index (χ3n) is 7.57. The SMILES string of the molecule is Cc1c(NC(=O)c2ccccc2C(C)(C)C)cccc1-c1nc(Nc2ccc(C(=O)N(C)CCO)cc2)c(=O)n(C)c1C. The number of nitrogens with zero attached hydrogens (tertiary/aromatic N) is 3. The van der Waals surface area contributed by atoms with E-state index in [0.717, 1.165) is 16.7 Å². The smallest absolute Gasteiger partial charge is 0.293 e. The summed E-state index contributed by atoms with van der Waals surface area (Å²) >= 11 is 0. The van der Waals surface area contributed by atoms with Gasteiger partial charge in [-0.1, -0.05) is 51.1 Å². The van der Waals surface area contributed by atoms with Crippen molar-refractivity contribution in [1.29, 1.82) is 0 Å². The Morgan fingerprint density at radius 1 is 0.977 bits per heavy atom. The zero-order valence-corrected chi connectivity index (χ0v) is 25.8. The van der Waals surface area contributed by atoms with Crippen LogP contribution in [0.3, 0.4) is 0 Å². The van der Waals surface area contributed by atoms with Gasteiger partial charge in [-0.15, -0.1) is 0 Å². The summed E-state index contributed by atoms with van der Waals surface area (Å²) in [5.74, 6) is -0.271. The molecule has 9 heteroatoms. The number of aliphatic hydroxyl groups excluding tert-OH is 1. The number of carbonyl (C=O) groups is 2. The highest BCUT2D eigenvalue weighted by molar-refractivity contribution is 6.06. The van der Waals surface area contributed by atoms with Crippen LogP contribution in [0.15, 0.2) is 71.5 Å². The van der Waals surface area contributed by atoms with E-state index in [0.29, 0.717) is 33.9 Å². The Hall–Kier alpha value is -4.76. The number of hydrogen-bond donors (Lipinski definition) is 3. The second kappa shape index (κ2) is 12.6. The van der Waals surface area contributed by atoms with Crippen molar-refractivity contribution in [2.45, 2.75) is 40.0 Å². The summed E-state index contributed by atoms with van der Waals surface area (Å²) in [7, 11) is 3.32. The molecule has 0 radical (unpaired) electrons. The topological polar surface area (TPSA) is 117 Å². The monoisotopic (exact) mass is 581 g/mol. The van der Waals surface area contributed by atoms with E-state index in [1.807, 2.05) is 56.3 Å². The molecule has 0 aliphatic rings. The van der Waals surface area contributed by atoms with Gasteiger partial charge in [-0.05, 0) is 66.8 Å². The maximum Gasteiger partial charge on any atom is 0.293 e. The van der Waals surface area contributed by atoms with Gasteiger partial charge in [0.15, 0.2) is 5.82 Å². The molecule has 3 N–H and O–H groups in total. The quantitative estimate of drug-likeness (QED) is 0.256. The molecule has 3 aromatic carbocycles. The van der Waals surface area contributed by atoms with Crippen molar-refractivity contribution in [2.24, 2.45) is 7.05 Å². The maximum absolute atomic E-state index is 13.4. The summed E-state index contributed by atoms with van der Waals surface area (Å²) in [5.41, 5.74) is 5.67. The van der Waals surface area contributed by atoms with Gasteiger partial charge in [0, 0.05) is 54.4 Å². The molecule has 0 saturated heterocycles. The number of aromatic nitrogens is 2. The minimum Gasteiger partial charge on any atom is -0.395 e. The maximum atomic E-state index is 13.4. The van der Waals surface area contributed by atoms with E-state index >= 15 is 0 Å². The van der Waals surface area contributed by atoms with Crippen LogP contribution < -0.4 is 16.2 Å². The van der Waals surface area contributed by atoms with Gasteiger partial charge in [-0.3, -0.25) is 14.4 Å². The molecule has 0 saturated carbocycles. The van der Waals surface area contributed by atoms with Crippen LogP contribution >= 0.6 is 0 Å². The fourth-order valence-corrected chi connectivity index (χ4v) is 4.90. The first-order valence-corrected chi connectivity index (χ1v) is 14.2. The van der Waals surface area contributed by atoms with Crippen LogP contribution in [0.5, 0.6) is 0 Å². The van der Waals surface area contributed by atoms with E-state index in [-0.39, 0.29) is 41.8 Å². The normalized spacial score (nSPS) is 11.3. The Bertz CT molecular complexity index is 1720. The highest BCUT2D eigenvalue weighted by Crippen LogP contribution is 2.31. The Labute approximate surface area is 252 Å². The van der Waals surface area contributed by atoms with Crippen molar-refractivity contribution in [2.75, 3.05) is 30.8 Å². The number of benzene rings is 3.